The highest BCUT2D eigenvalue weighted by molar-refractivity contribution is 7.92. The first-order valence-electron chi connectivity index (χ1n) is 6.93. The van der Waals surface area contributed by atoms with E-state index in [1.807, 2.05) is 0 Å². The standard InChI is InChI=1S/C16H14FNO6S/c1-8-5-10(3-4-12(8)15(19)20)18-25(23,24)11-6-9(2)14(17)13(7-11)16(21)22/h3-7,18H,1-2H3,(H,19,20)(H,21,22). The third kappa shape index (κ3) is 3.77. The molecule has 0 radical (unpaired) electrons. The zero-order chi connectivity index (χ0) is 18.9. The van der Waals surface area contributed by atoms with Crippen molar-refractivity contribution in [1.82, 2.24) is 0 Å². The molecule has 0 bridgehead atoms. The lowest BCUT2D eigenvalue weighted by Gasteiger charge is -2.12. The van der Waals surface area contributed by atoms with Gasteiger partial charge < -0.3 is 10.2 Å². The molecule has 0 heterocycles. The Balaban J connectivity index is 2.45. The Hall–Kier alpha value is -2.94. The minimum atomic E-state index is -4.19. The smallest absolute Gasteiger partial charge is 0.338 e. The topological polar surface area (TPSA) is 121 Å². The van der Waals surface area contributed by atoms with Gasteiger partial charge in [-0.05, 0) is 55.3 Å². The number of carboxylic acid groups (broad SMARTS) is 2. The molecule has 0 aliphatic heterocycles. The van der Waals surface area contributed by atoms with E-state index < -0.39 is 38.2 Å². The largest absolute Gasteiger partial charge is 0.478 e. The summed E-state index contributed by atoms with van der Waals surface area (Å²) in [6.45, 7) is 2.76. The van der Waals surface area contributed by atoms with Crippen LogP contribution >= 0.6 is 0 Å². The van der Waals surface area contributed by atoms with Crippen LogP contribution in [0.2, 0.25) is 0 Å². The fourth-order valence-corrected chi connectivity index (χ4v) is 3.39. The number of carboxylic acids is 2. The molecule has 0 aliphatic rings. The zero-order valence-corrected chi connectivity index (χ0v) is 14.0. The quantitative estimate of drug-likeness (QED) is 0.747. The monoisotopic (exact) mass is 367 g/mol. The van der Waals surface area contributed by atoms with Gasteiger partial charge >= 0.3 is 11.9 Å². The average molecular weight is 367 g/mol. The Morgan fingerprint density at radius 1 is 0.960 bits per heavy atom. The summed E-state index contributed by atoms with van der Waals surface area (Å²) in [4.78, 5) is 21.6. The van der Waals surface area contributed by atoms with Crippen LogP contribution in [0.5, 0.6) is 0 Å². The van der Waals surface area contributed by atoms with Crippen molar-refractivity contribution in [3.8, 4) is 0 Å². The lowest BCUT2D eigenvalue weighted by Crippen LogP contribution is -2.15. The molecule has 0 atom stereocenters. The van der Waals surface area contributed by atoms with Gasteiger partial charge in [0.05, 0.1) is 16.0 Å². The van der Waals surface area contributed by atoms with E-state index in [1.165, 1.54) is 32.0 Å². The van der Waals surface area contributed by atoms with Crippen LogP contribution in [0.4, 0.5) is 10.1 Å². The fraction of sp³-hybridized carbons (Fsp3) is 0.125. The number of aromatic carboxylic acids is 2. The molecular formula is C16H14FNO6S. The summed E-state index contributed by atoms with van der Waals surface area (Å²) in [5.74, 6) is -3.74. The van der Waals surface area contributed by atoms with Crippen molar-refractivity contribution in [2.75, 3.05) is 4.72 Å². The summed E-state index contributed by atoms with van der Waals surface area (Å²) < 4.78 is 40.8. The Morgan fingerprint density at radius 3 is 2.08 bits per heavy atom. The molecule has 2 aromatic carbocycles. The van der Waals surface area contributed by atoms with E-state index in [0.717, 1.165) is 12.1 Å². The molecule has 2 aromatic rings. The number of nitrogens with one attached hydrogen (secondary N) is 1. The van der Waals surface area contributed by atoms with E-state index in [2.05, 4.69) is 4.72 Å². The minimum absolute atomic E-state index is 0.0220. The van der Waals surface area contributed by atoms with Crippen LogP contribution in [0.15, 0.2) is 35.2 Å². The lowest BCUT2D eigenvalue weighted by atomic mass is 10.1. The molecule has 0 aromatic heterocycles. The van der Waals surface area contributed by atoms with Crippen molar-refractivity contribution < 1.29 is 32.6 Å². The second kappa shape index (κ2) is 6.52. The first kappa shape index (κ1) is 18.4. The molecule has 0 saturated carbocycles. The van der Waals surface area contributed by atoms with E-state index in [0.29, 0.717) is 5.56 Å². The number of carbonyl (C=O) groups is 2. The number of aryl methyl sites for hydroxylation is 2. The van der Waals surface area contributed by atoms with Gasteiger partial charge in [0.25, 0.3) is 10.0 Å². The molecule has 9 heteroatoms. The number of anilines is 1. The number of hydrogen-bond acceptors (Lipinski definition) is 4. The first-order chi connectivity index (χ1) is 11.5. The van der Waals surface area contributed by atoms with Crippen LogP contribution in [0.1, 0.15) is 31.8 Å². The van der Waals surface area contributed by atoms with Crippen LogP contribution in [0, 0.1) is 19.7 Å². The van der Waals surface area contributed by atoms with Gasteiger partial charge in [-0.1, -0.05) is 0 Å². The summed E-state index contributed by atoms with van der Waals surface area (Å²) in [7, 11) is -4.19. The van der Waals surface area contributed by atoms with Gasteiger partial charge in [-0.2, -0.15) is 0 Å². The van der Waals surface area contributed by atoms with E-state index in [-0.39, 0.29) is 16.8 Å². The molecule has 0 saturated heterocycles. The maximum atomic E-state index is 13.8. The highest BCUT2D eigenvalue weighted by Crippen LogP contribution is 2.23. The molecule has 0 unspecified atom stereocenters. The Bertz CT molecular complexity index is 984. The molecule has 0 spiro atoms. The summed E-state index contributed by atoms with van der Waals surface area (Å²) in [5, 5.41) is 18.0. The summed E-state index contributed by atoms with van der Waals surface area (Å²) in [5.41, 5.74) is -0.417. The van der Waals surface area contributed by atoms with Gasteiger partial charge in [0.2, 0.25) is 0 Å². The predicted molar refractivity (Wildman–Crippen MR) is 87.0 cm³/mol. The highest BCUT2D eigenvalue weighted by atomic mass is 32.2. The molecule has 2 rings (SSSR count). The van der Waals surface area contributed by atoms with Crippen molar-refractivity contribution >= 4 is 27.6 Å². The average Bonchev–Trinajstić information content (AvgIpc) is 2.48. The first-order valence-corrected chi connectivity index (χ1v) is 8.41. The van der Waals surface area contributed by atoms with E-state index in [1.54, 1.807) is 0 Å². The Labute approximate surface area is 142 Å². The normalized spacial score (nSPS) is 11.2. The van der Waals surface area contributed by atoms with Crippen LogP contribution < -0.4 is 4.72 Å². The predicted octanol–water partition coefficient (Wildman–Crippen LogP) is 2.64. The molecule has 0 amide bonds. The van der Waals surface area contributed by atoms with Gasteiger partial charge in [-0.3, -0.25) is 4.72 Å². The third-order valence-corrected chi connectivity index (χ3v) is 4.84. The molecule has 3 N–H and O–H groups in total. The molecule has 25 heavy (non-hydrogen) atoms. The zero-order valence-electron chi connectivity index (χ0n) is 13.2. The Kier molecular flexibility index (Phi) is 4.80. The van der Waals surface area contributed by atoms with Crippen LogP contribution in [0.25, 0.3) is 0 Å². The SMILES string of the molecule is Cc1cc(NS(=O)(=O)c2cc(C)c(F)c(C(=O)O)c2)ccc1C(=O)O. The van der Waals surface area contributed by atoms with Crippen LogP contribution in [0.3, 0.4) is 0 Å². The van der Waals surface area contributed by atoms with Crippen molar-refractivity contribution in [1.29, 1.82) is 0 Å². The van der Waals surface area contributed by atoms with Gasteiger partial charge in [0.1, 0.15) is 5.82 Å². The number of hydrogen-bond donors (Lipinski definition) is 3. The number of halogens is 1. The summed E-state index contributed by atoms with van der Waals surface area (Å²) in [6, 6.07) is 5.58. The molecule has 0 fully saturated rings. The van der Waals surface area contributed by atoms with E-state index in [4.69, 9.17) is 10.2 Å². The number of sulfonamides is 1. The van der Waals surface area contributed by atoms with Crippen molar-refractivity contribution in [3.05, 3.63) is 58.4 Å². The molecular weight excluding hydrogens is 353 g/mol. The summed E-state index contributed by atoms with van der Waals surface area (Å²) >= 11 is 0. The second-order valence-electron chi connectivity index (χ2n) is 5.35. The van der Waals surface area contributed by atoms with Crippen LogP contribution in [-0.4, -0.2) is 30.6 Å². The second-order valence-corrected chi connectivity index (χ2v) is 7.03. The molecule has 0 aliphatic carbocycles. The maximum absolute atomic E-state index is 13.8. The lowest BCUT2D eigenvalue weighted by molar-refractivity contribution is 0.0682. The van der Waals surface area contributed by atoms with Crippen molar-refractivity contribution in [2.45, 2.75) is 18.7 Å². The third-order valence-electron chi connectivity index (χ3n) is 3.48. The summed E-state index contributed by atoms with van der Waals surface area (Å²) in [6.07, 6.45) is 0. The van der Waals surface area contributed by atoms with Crippen molar-refractivity contribution in [2.24, 2.45) is 0 Å². The van der Waals surface area contributed by atoms with Gasteiger partial charge in [0, 0.05) is 5.69 Å². The van der Waals surface area contributed by atoms with Crippen LogP contribution in [-0.2, 0) is 10.0 Å². The van der Waals surface area contributed by atoms with Gasteiger partial charge in [-0.15, -0.1) is 0 Å². The van der Waals surface area contributed by atoms with Crippen molar-refractivity contribution in [3.63, 3.8) is 0 Å². The van der Waals surface area contributed by atoms with Gasteiger partial charge in [-0.25, -0.2) is 22.4 Å². The maximum Gasteiger partial charge on any atom is 0.338 e. The van der Waals surface area contributed by atoms with E-state index in [9.17, 15) is 22.4 Å². The minimum Gasteiger partial charge on any atom is -0.478 e. The van der Waals surface area contributed by atoms with Gasteiger partial charge in [0.15, 0.2) is 0 Å². The fourth-order valence-electron chi connectivity index (χ4n) is 2.23. The molecule has 7 nitrogen and oxygen atoms in total. The number of rotatable bonds is 5. The highest BCUT2D eigenvalue weighted by Gasteiger charge is 2.21. The Morgan fingerprint density at radius 2 is 1.56 bits per heavy atom. The van der Waals surface area contributed by atoms with E-state index >= 15 is 0 Å². The molecule has 132 valence electrons. The number of benzene rings is 2.